The van der Waals surface area contributed by atoms with Gasteiger partial charge in [-0.3, -0.25) is 4.79 Å². The average Bonchev–Trinajstić information content (AvgIpc) is 2.72. The molecule has 0 aromatic heterocycles. The molecule has 0 radical (unpaired) electrons. The van der Waals surface area contributed by atoms with E-state index in [0.29, 0.717) is 17.7 Å². The van der Waals surface area contributed by atoms with E-state index in [1.807, 2.05) is 0 Å². The number of hydrazone groups is 1. The van der Waals surface area contributed by atoms with Gasteiger partial charge in [-0.15, -0.1) is 0 Å². The van der Waals surface area contributed by atoms with Crippen LogP contribution in [-0.4, -0.2) is 16.6 Å². The van der Waals surface area contributed by atoms with E-state index in [4.69, 9.17) is 5.73 Å². The second-order valence-corrected chi connectivity index (χ2v) is 7.27. The van der Waals surface area contributed by atoms with Crippen molar-refractivity contribution in [3.8, 4) is 0 Å². The summed E-state index contributed by atoms with van der Waals surface area (Å²) in [5.41, 5.74) is 2.54. The topological polar surface area (TPSA) is 58.7 Å². The van der Waals surface area contributed by atoms with Crippen molar-refractivity contribution in [3.63, 3.8) is 0 Å². The summed E-state index contributed by atoms with van der Waals surface area (Å²) in [5.74, 6) is -1.40. The molecule has 0 saturated heterocycles. The highest BCUT2D eigenvalue weighted by Gasteiger charge is 2.37. The Morgan fingerprint density at radius 2 is 1.48 bits per heavy atom. The van der Waals surface area contributed by atoms with Crippen LogP contribution in [0.4, 0.5) is 26.3 Å². The molecule has 0 aliphatic heterocycles. The molecular formula is C23H21F6N3O. The predicted molar refractivity (Wildman–Crippen MR) is 113 cm³/mol. The van der Waals surface area contributed by atoms with Crippen molar-refractivity contribution in [2.75, 3.05) is 0 Å². The van der Waals surface area contributed by atoms with Gasteiger partial charge in [-0.05, 0) is 35.2 Å². The summed E-state index contributed by atoms with van der Waals surface area (Å²) in [6, 6.07) is 9.50. The molecule has 2 aromatic carbocycles. The van der Waals surface area contributed by atoms with Crippen LogP contribution in [0.3, 0.4) is 0 Å². The second-order valence-electron chi connectivity index (χ2n) is 7.27. The molecule has 4 nitrogen and oxygen atoms in total. The largest absolute Gasteiger partial charge is 0.416 e. The average molecular weight is 469 g/mol. The molecule has 0 atom stereocenters. The van der Waals surface area contributed by atoms with Crippen molar-refractivity contribution in [3.05, 3.63) is 89.8 Å². The number of hydrogen-bond acceptors (Lipinski definition) is 3. The maximum atomic E-state index is 13.3. The Kier molecular flexibility index (Phi) is 7.73. The van der Waals surface area contributed by atoms with Crippen molar-refractivity contribution >= 4 is 17.2 Å². The lowest BCUT2D eigenvalue weighted by Gasteiger charge is -2.19. The number of benzene rings is 2. The Morgan fingerprint density at radius 3 is 1.88 bits per heavy atom. The minimum Gasteiger partial charge on any atom is -0.366 e. The molecule has 0 bridgehead atoms. The third-order valence-electron chi connectivity index (χ3n) is 4.45. The van der Waals surface area contributed by atoms with Crippen molar-refractivity contribution in [2.45, 2.75) is 26.2 Å². The molecule has 2 aromatic rings. The van der Waals surface area contributed by atoms with Crippen LogP contribution < -0.4 is 5.73 Å². The van der Waals surface area contributed by atoms with Crippen molar-refractivity contribution < 1.29 is 31.1 Å². The highest BCUT2D eigenvalue weighted by molar-refractivity contribution is 6.18. The number of carbonyl (C=O) groups is 1. The van der Waals surface area contributed by atoms with E-state index in [0.717, 1.165) is 11.2 Å². The second kappa shape index (κ2) is 9.93. The Bertz CT molecular complexity index is 1040. The van der Waals surface area contributed by atoms with Gasteiger partial charge in [-0.25, -0.2) is 5.01 Å². The van der Waals surface area contributed by atoms with E-state index in [-0.39, 0.29) is 22.9 Å². The summed E-state index contributed by atoms with van der Waals surface area (Å²) >= 11 is 0. The first-order valence-corrected chi connectivity index (χ1v) is 9.60. The summed E-state index contributed by atoms with van der Waals surface area (Å²) in [7, 11) is 0. The number of primary amides is 1. The minimum absolute atomic E-state index is 0.0161. The molecule has 176 valence electrons. The molecular weight excluding hydrogens is 448 g/mol. The van der Waals surface area contributed by atoms with Crippen LogP contribution >= 0.6 is 0 Å². The number of amides is 1. The molecule has 1 amide bonds. The molecule has 33 heavy (non-hydrogen) atoms. The molecule has 10 heteroatoms. The summed E-state index contributed by atoms with van der Waals surface area (Å²) in [5, 5.41) is 5.20. The third kappa shape index (κ3) is 6.71. The number of carbonyl (C=O) groups excluding carboxylic acids is 1. The normalized spacial score (nSPS) is 13.2. The molecule has 0 aliphatic rings. The Balaban J connectivity index is 2.68. The number of alkyl halides is 6. The number of nitrogens with zero attached hydrogens (tertiary/aromatic N) is 2. The Labute approximate surface area is 186 Å². The van der Waals surface area contributed by atoms with Gasteiger partial charge in [-0.2, -0.15) is 31.4 Å². The van der Waals surface area contributed by atoms with Gasteiger partial charge in [0.15, 0.2) is 0 Å². The molecule has 0 saturated carbocycles. The predicted octanol–water partition coefficient (Wildman–Crippen LogP) is 6.06. The zero-order valence-electron chi connectivity index (χ0n) is 17.7. The van der Waals surface area contributed by atoms with Crippen LogP contribution in [0.5, 0.6) is 0 Å². The van der Waals surface area contributed by atoms with Crippen LogP contribution in [0.2, 0.25) is 0 Å². The van der Waals surface area contributed by atoms with E-state index in [9.17, 15) is 31.1 Å². The third-order valence-corrected chi connectivity index (χ3v) is 4.45. The minimum atomic E-state index is -5.00. The van der Waals surface area contributed by atoms with Crippen molar-refractivity contribution in [2.24, 2.45) is 16.8 Å². The van der Waals surface area contributed by atoms with Gasteiger partial charge in [0.1, 0.15) is 0 Å². The van der Waals surface area contributed by atoms with Gasteiger partial charge in [0, 0.05) is 12.4 Å². The van der Waals surface area contributed by atoms with Gasteiger partial charge >= 0.3 is 12.4 Å². The maximum absolute atomic E-state index is 13.3. The van der Waals surface area contributed by atoms with Gasteiger partial charge < -0.3 is 5.73 Å². The van der Waals surface area contributed by atoms with E-state index in [1.165, 1.54) is 6.20 Å². The lowest BCUT2D eigenvalue weighted by atomic mass is 9.95. The Morgan fingerprint density at radius 1 is 0.970 bits per heavy atom. The summed E-state index contributed by atoms with van der Waals surface area (Å²) in [6.07, 6.45) is -7.65. The summed E-state index contributed by atoms with van der Waals surface area (Å²) in [4.78, 5) is 11.9. The summed E-state index contributed by atoms with van der Waals surface area (Å²) < 4.78 is 79.7. The highest BCUT2D eigenvalue weighted by atomic mass is 19.4. The molecule has 2 rings (SSSR count). The first kappa shape index (κ1) is 25.7. The molecule has 0 spiro atoms. The van der Waals surface area contributed by atoms with Gasteiger partial charge in [0.25, 0.3) is 5.91 Å². The van der Waals surface area contributed by atoms with E-state index in [2.05, 4.69) is 11.7 Å². The zero-order chi connectivity index (χ0) is 25.0. The van der Waals surface area contributed by atoms with E-state index >= 15 is 0 Å². The fourth-order valence-corrected chi connectivity index (χ4v) is 2.89. The van der Waals surface area contributed by atoms with E-state index in [1.54, 1.807) is 44.2 Å². The van der Waals surface area contributed by atoms with Gasteiger partial charge in [0.05, 0.1) is 22.4 Å². The van der Waals surface area contributed by atoms with E-state index < -0.39 is 35.3 Å². The fraction of sp³-hybridized carbons (Fsp3) is 0.217. The molecule has 0 unspecified atom stereocenters. The van der Waals surface area contributed by atoms with Gasteiger partial charge in [-0.1, -0.05) is 50.8 Å². The first-order valence-electron chi connectivity index (χ1n) is 9.60. The molecule has 0 aliphatic carbocycles. The summed E-state index contributed by atoms with van der Waals surface area (Å²) in [6.45, 7) is 6.67. The smallest absolute Gasteiger partial charge is 0.366 e. The molecule has 0 fully saturated rings. The number of hydrogen-bond donors (Lipinski definition) is 1. The quantitative estimate of drug-likeness (QED) is 0.232. The highest BCUT2D eigenvalue weighted by Crippen LogP contribution is 2.37. The van der Waals surface area contributed by atoms with Gasteiger partial charge in [0.2, 0.25) is 0 Å². The van der Waals surface area contributed by atoms with Crippen LogP contribution in [0.1, 0.15) is 36.1 Å². The molecule has 0 heterocycles. The zero-order valence-corrected chi connectivity index (χ0v) is 17.7. The van der Waals surface area contributed by atoms with Crippen LogP contribution in [0.15, 0.2) is 72.6 Å². The lowest BCUT2D eigenvalue weighted by Crippen LogP contribution is -2.20. The monoisotopic (exact) mass is 469 g/mol. The number of halogens is 6. The first-order chi connectivity index (χ1) is 15.2. The standard InChI is InChI=1S/C23H21F6N3O/c1-4-32(13-19(21(30)33)15-8-6-5-7-9-15)31-20(14(2)3)16-10-17(22(24,25)26)12-18(11-16)23(27,28)29/h4-14H,1H2,2-3H3,(H2,30,33)/b19-13+,31-20+. The fourth-order valence-electron chi connectivity index (χ4n) is 2.89. The van der Waals surface area contributed by atoms with Crippen LogP contribution in [0.25, 0.3) is 5.57 Å². The van der Waals surface area contributed by atoms with Crippen LogP contribution in [-0.2, 0) is 17.1 Å². The number of nitrogens with two attached hydrogens (primary N) is 1. The SMILES string of the molecule is C=CN(/C=C(/C(N)=O)c1ccccc1)/N=C(/c1cc(C(F)(F)F)cc(C(F)(F)F)c1)C(C)C. The van der Waals surface area contributed by atoms with Crippen molar-refractivity contribution in [1.82, 2.24) is 5.01 Å². The van der Waals surface area contributed by atoms with Crippen molar-refractivity contribution in [1.29, 1.82) is 0 Å². The number of rotatable bonds is 7. The maximum Gasteiger partial charge on any atom is 0.416 e. The Hall–Kier alpha value is -3.56. The lowest BCUT2D eigenvalue weighted by molar-refractivity contribution is -0.143. The van der Waals surface area contributed by atoms with Crippen LogP contribution in [0, 0.1) is 5.92 Å². The molecule has 2 N–H and O–H groups in total.